The monoisotopic (exact) mass is 332 g/mol. The van der Waals surface area contributed by atoms with Crippen LogP contribution in [0.15, 0.2) is 18.3 Å². The van der Waals surface area contributed by atoms with E-state index in [1.165, 1.54) is 0 Å². The lowest BCUT2D eigenvalue weighted by Crippen LogP contribution is -2.59. The van der Waals surface area contributed by atoms with Gasteiger partial charge in [0, 0.05) is 36.8 Å². The highest BCUT2D eigenvalue weighted by Crippen LogP contribution is 2.44. The van der Waals surface area contributed by atoms with Crippen LogP contribution < -0.4 is 0 Å². The Hall–Kier alpha value is -1.62. The Balaban J connectivity index is 1.84. The molecule has 5 heteroatoms. The van der Waals surface area contributed by atoms with E-state index in [4.69, 9.17) is 4.74 Å². The van der Waals surface area contributed by atoms with Gasteiger partial charge < -0.3 is 14.7 Å². The largest absolute Gasteiger partial charge is 0.444 e. The number of aryl methyl sites for hydroxylation is 1. The average Bonchev–Trinajstić information content (AvgIpc) is 2.44. The van der Waals surface area contributed by atoms with Gasteiger partial charge in [0.25, 0.3) is 0 Å². The number of hydrogen-bond acceptors (Lipinski definition) is 4. The second kappa shape index (κ2) is 6.03. The second-order valence-electron chi connectivity index (χ2n) is 8.25. The van der Waals surface area contributed by atoms with Crippen molar-refractivity contribution in [2.24, 2.45) is 0 Å². The van der Waals surface area contributed by atoms with Gasteiger partial charge in [-0.3, -0.25) is 4.98 Å². The van der Waals surface area contributed by atoms with Gasteiger partial charge in [-0.2, -0.15) is 0 Å². The maximum absolute atomic E-state index is 12.6. The van der Waals surface area contributed by atoms with Gasteiger partial charge in [-0.1, -0.05) is 0 Å². The number of fused-ring (bicyclic) bond motifs is 2. The maximum Gasteiger partial charge on any atom is 0.410 e. The van der Waals surface area contributed by atoms with Gasteiger partial charge >= 0.3 is 6.09 Å². The molecule has 24 heavy (non-hydrogen) atoms. The van der Waals surface area contributed by atoms with E-state index in [0.717, 1.165) is 30.5 Å². The molecule has 2 fully saturated rings. The van der Waals surface area contributed by atoms with E-state index in [9.17, 15) is 9.90 Å². The molecule has 2 saturated heterocycles. The van der Waals surface area contributed by atoms with Gasteiger partial charge in [0.2, 0.25) is 0 Å². The summed E-state index contributed by atoms with van der Waals surface area (Å²) in [4.78, 5) is 18.8. The number of amides is 1. The lowest BCUT2D eigenvalue weighted by molar-refractivity contribution is -0.0965. The van der Waals surface area contributed by atoms with E-state index in [1.54, 1.807) is 6.20 Å². The van der Waals surface area contributed by atoms with Crippen molar-refractivity contribution in [3.05, 3.63) is 29.6 Å². The lowest BCUT2D eigenvalue weighted by Gasteiger charge is -2.51. The van der Waals surface area contributed by atoms with Crippen molar-refractivity contribution in [3.63, 3.8) is 0 Å². The number of piperidine rings is 2. The molecule has 2 unspecified atom stereocenters. The molecule has 2 atom stereocenters. The first kappa shape index (κ1) is 17.2. The number of rotatable bonds is 1. The fourth-order valence-electron chi connectivity index (χ4n) is 4.11. The number of nitrogens with zero attached hydrogens (tertiary/aromatic N) is 2. The van der Waals surface area contributed by atoms with E-state index in [0.29, 0.717) is 12.8 Å². The Morgan fingerprint density at radius 3 is 2.50 bits per heavy atom. The zero-order valence-electron chi connectivity index (χ0n) is 15.1. The van der Waals surface area contributed by atoms with Crippen LogP contribution in [0.25, 0.3) is 0 Å². The summed E-state index contributed by atoms with van der Waals surface area (Å²) in [5.74, 6) is 0. The summed E-state index contributed by atoms with van der Waals surface area (Å²) in [7, 11) is 0. The average molecular weight is 332 g/mol. The second-order valence-corrected chi connectivity index (χ2v) is 8.25. The normalized spacial score (nSPS) is 30.1. The molecule has 5 nitrogen and oxygen atoms in total. The number of ether oxygens (including phenoxy) is 1. The van der Waals surface area contributed by atoms with E-state index >= 15 is 0 Å². The fourth-order valence-corrected chi connectivity index (χ4v) is 4.11. The molecule has 1 aromatic heterocycles. The molecular weight excluding hydrogens is 304 g/mol. The molecule has 1 amide bonds. The molecule has 0 radical (unpaired) electrons. The van der Waals surface area contributed by atoms with E-state index in [-0.39, 0.29) is 18.2 Å². The van der Waals surface area contributed by atoms with Crippen LogP contribution in [-0.4, -0.2) is 38.8 Å². The van der Waals surface area contributed by atoms with Gasteiger partial charge in [0.05, 0.1) is 5.60 Å². The van der Waals surface area contributed by atoms with Gasteiger partial charge in [0.1, 0.15) is 5.60 Å². The highest BCUT2D eigenvalue weighted by atomic mass is 16.6. The van der Waals surface area contributed by atoms with Crippen molar-refractivity contribution >= 4 is 6.09 Å². The molecule has 3 rings (SSSR count). The molecule has 2 aliphatic heterocycles. The maximum atomic E-state index is 12.6. The molecule has 0 aromatic carbocycles. The van der Waals surface area contributed by atoms with Crippen molar-refractivity contribution in [2.45, 2.75) is 83.1 Å². The molecule has 1 aromatic rings. The number of hydrogen-bond donors (Lipinski definition) is 1. The molecule has 132 valence electrons. The molecule has 0 saturated carbocycles. The summed E-state index contributed by atoms with van der Waals surface area (Å²) in [5, 5.41) is 11.3. The van der Waals surface area contributed by atoms with Crippen molar-refractivity contribution in [3.8, 4) is 0 Å². The van der Waals surface area contributed by atoms with Crippen molar-refractivity contribution in [1.82, 2.24) is 9.88 Å². The van der Waals surface area contributed by atoms with Crippen LogP contribution >= 0.6 is 0 Å². The van der Waals surface area contributed by atoms with Gasteiger partial charge in [-0.05, 0) is 64.7 Å². The molecule has 3 heterocycles. The number of pyridine rings is 1. The lowest BCUT2D eigenvalue weighted by atomic mass is 9.73. The first-order chi connectivity index (χ1) is 11.2. The third kappa shape index (κ3) is 3.41. The minimum absolute atomic E-state index is 0.0332. The third-order valence-corrected chi connectivity index (χ3v) is 5.05. The van der Waals surface area contributed by atoms with Crippen LogP contribution in [0.3, 0.4) is 0 Å². The summed E-state index contributed by atoms with van der Waals surface area (Å²) >= 11 is 0. The van der Waals surface area contributed by atoms with Crippen LogP contribution in [-0.2, 0) is 10.3 Å². The predicted octanol–water partition coefficient (Wildman–Crippen LogP) is 3.53. The Bertz CT molecular complexity index is 609. The molecule has 0 aliphatic carbocycles. The Labute approximate surface area is 144 Å². The van der Waals surface area contributed by atoms with E-state index in [2.05, 4.69) is 4.98 Å². The summed E-state index contributed by atoms with van der Waals surface area (Å²) in [5.41, 5.74) is 0.430. The highest BCUT2D eigenvalue weighted by Gasteiger charge is 2.49. The Morgan fingerprint density at radius 1 is 1.33 bits per heavy atom. The minimum atomic E-state index is -0.887. The fraction of sp³-hybridized carbons (Fsp3) is 0.684. The van der Waals surface area contributed by atoms with Crippen molar-refractivity contribution in [2.75, 3.05) is 0 Å². The summed E-state index contributed by atoms with van der Waals surface area (Å²) < 4.78 is 5.60. The molecule has 2 bridgehead atoms. The third-order valence-electron chi connectivity index (χ3n) is 5.05. The predicted molar refractivity (Wildman–Crippen MR) is 91.6 cm³/mol. The first-order valence-corrected chi connectivity index (χ1v) is 8.85. The first-order valence-electron chi connectivity index (χ1n) is 8.85. The smallest absolute Gasteiger partial charge is 0.410 e. The van der Waals surface area contributed by atoms with Crippen LogP contribution in [0.4, 0.5) is 4.79 Å². The van der Waals surface area contributed by atoms with Crippen LogP contribution in [0, 0.1) is 6.92 Å². The zero-order valence-corrected chi connectivity index (χ0v) is 15.1. The van der Waals surface area contributed by atoms with Crippen LogP contribution in [0.2, 0.25) is 0 Å². The van der Waals surface area contributed by atoms with Crippen LogP contribution in [0.1, 0.15) is 64.1 Å². The number of aliphatic hydroxyl groups is 1. The molecular formula is C19H28N2O3. The Morgan fingerprint density at radius 2 is 1.96 bits per heavy atom. The molecule has 0 spiro atoms. The minimum Gasteiger partial charge on any atom is -0.444 e. The van der Waals surface area contributed by atoms with Gasteiger partial charge in [-0.25, -0.2) is 4.79 Å². The highest BCUT2D eigenvalue weighted by molar-refractivity contribution is 5.69. The zero-order chi connectivity index (χ0) is 17.5. The van der Waals surface area contributed by atoms with Crippen molar-refractivity contribution in [1.29, 1.82) is 0 Å². The summed E-state index contributed by atoms with van der Waals surface area (Å²) in [6.07, 6.45) is 5.56. The number of carbonyl (C=O) groups excluding carboxylic acids is 1. The summed E-state index contributed by atoms with van der Waals surface area (Å²) in [6, 6.07) is 3.92. The van der Waals surface area contributed by atoms with Crippen LogP contribution in [0.5, 0.6) is 0 Å². The van der Waals surface area contributed by atoms with Crippen molar-refractivity contribution < 1.29 is 14.6 Å². The number of aromatic nitrogens is 1. The SMILES string of the molecule is Cc1cc(C2(O)CC3CCCC(C2)N3C(=O)OC(C)(C)C)ccn1. The molecule has 1 N–H and O–H groups in total. The van der Waals surface area contributed by atoms with E-state index in [1.807, 2.05) is 44.7 Å². The molecule has 2 aliphatic rings. The Kier molecular flexibility index (Phi) is 4.32. The summed E-state index contributed by atoms with van der Waals surface area (Å²) in [6.45, 7) is 7.60. The topological polar surface area (TPSA) is 62.7 Å². The standard InChI is InChI=1S/C19H28N2O3/c1-13-10-14(8-9-20-13)19(23)11-15-6-5-7-16(12-19)21(15)17(22)24-18(2,3)4/h8-10,15-16,23H,5-7,11-12H2,1-4H3. The number of carbonyl (C=O) groups is 1. The van der Waals surface area contributed by atoms with E-state index < -0.39 is 11.2 Å². The van der Waals surface area contributed by atoms with Gasteiger partial charge in [-0.15, -0.1) is 0 Å². The van der Waals surface area contributed by atoms with Gasteiger partial charge in [0.15, 0.2) is 0 Å². The quantitative estimate of drug-likeness (QED) is 0.854.